The maximum atomic E-state index is 12.5. The third-order valence-electron chi connectivity index (χ3n) is 2.74. The van der Waals surface area contributed by atoms with Crippen LogP contribution in [-0.4, -0.2) is 30.0 Å². The third-order valence-corrected chi connectivity index (χ3v) is 5.23. The Labute approximate surface area is 120 Å². The summed E-state index contributed by atoms with van der Waals surface area (Å²) < 4.78 is 32.0. The van der Waals surface area contributed by atoms with Crippen LogP contribution in [0, 0.1) is 13.8 Å². The van der Waals surface area contributed by atoms with Crippen LogP contribution in [0.1, 0.15) is 17.1 Å². The molecule has 1 N–H and O–H groups in total. The second kappa shape index (κ2) is 5.10. The molecule has 0 saturated carbocycles. The average molecular weight is 348 g/mol. The number of sulfonamides is 1. The fourth-order valence-corrected chi connectivity index (χ4v) is 3.62. The zero-order valence-corrected chi connectivity index (χ0v) is 13.2. The van der Waals surface area contributed by atoms with Crippen molar-refractivity contribution in [1.82, 2.24) is 14.5 Å². The van der Waals surface area contributed by atoms with Gasteiger partial charge in [0.25, 0.3) is 0 Å². The van der Waals surface area contributed by atoms with E-state index in [1.807, 2.05) is 0 Å². The number of aromatic nitrogens is 2. The molecular formula is C11H14BrN3O3S. The van der Waals surface area contributed by atoms with Crippen molar-refractivity contribution in [3.8, 4) is 0 Å². The first-order chi connectivity index (χ1) is 8.82. The lowest BCUT2D eigenvalue weighted by Crippen LogP contribution is -2.27. The van der Waals surface area contributed by atoms with Crippen molar-refractivity contribution in [3.63, 3.8) is 0 Å². The number of halogens is 1. The van der Waals surface area contributed by atoms with Crippen LogP contribution < -0.4 is 0 Å². The van der Waals surface area contributed by atoms with E-state index in [1.54, 1.807) is 26.0 Å². The molecule has 0 amide bonds. The zero-order valence-electron chi connectivity index (χ0n) is 10.8. The number of nitrogens with one attached hydrogen (secondary N) is 1. The van der Waals surface area contributed by atoms with Gasteiger partial charge in [0, 0.05) is 7.05 Å². The monoisotopic (exact) mass is 347 g/mol. The SMILES string of the molecule is Cc1n[nH]c(C)c1S(=O)(=O)N(C)Cc1ccc(Br)o1. The Morgan fingerprint density at radius 3 is 2.58 bits per heavy atom. The molecule has 0 aliphatic rings. The minimum Gasteiger partial charge on any atom is -0.453 e. The van der Waals surface area contributed by atoms with E-state index in [0.717, 1.165) is 0 Å². The molecule has 104 valence electrons. The van der Waals surface area contributed by atoms with E-state index in [-0.39, 0.29) is 11.4 Å². The molecule has 6 nitrogen and oxygen atoms in total. The highest BCUT2D eigenvalue weighted by atomic mass is 79.9. The van der Waals surface area contributed by atoms with Crippen LogP contribution >= 0.6 is 15.9 Å². The average Bonchev–Trinajstić information content (AvgIpc) is 2.85. The van der Waals surface area contributed by atoms with Crippen molar-refractivity contribution >= 4 is 26.0 Å². The Morgan fingerprint density at radius 1 is 1.42 bits per heavy atom. The molecule has 2 aromatic heterocycles. The summed E-state index contributed by atoms with van der Waals surface area (Å²) in [5.41, 5.74) is 0.995. The van der Waals surface area contributed by atoms with Gasteiger partial charge in [0.1, 0.15) is 10.7 Å². The summed E-state index contributed by atoms with van der Waals surface area (Å²) in [6.45, 7) is 3.51. The smallest absolute Gasteiger partial charge is 0.246 e. The number of hydrogen-bond donors (Lipinski definition) is 1. The Bertz CT molecular complexity index is 670. The summed E-state index contributed by atoms with van der Waals surface area (Å²) in [5, 5.41) is 6.59. The van der Waals surface area contributed by atoms with Gasteiger partial charge in [0.05, 0.1) is 17.9 Å². The molecule has 8 heteroatoms. The number of hydrogen-bond acceptors (Lipinski definition) is 4. The van der Waals surface area contributed by atoms with E-state index in [0.29, 0.717) is 21.8 Å². The highest BCUT2D eigenvalue weighted by Gasteiger charge is 2.27. The van der Waals surface area contributed by atoms with Gasteiger partial charge in [-0.3, -0.25) is 5.10 Å². The van der Waals surface area contributed by atoms with E-state index >= 15 is 0 Å². The van der Waals surface area contributed by atoms with Crippen molar-refractivity contribution in [2.24, 2.45) is 0 Å². The number of nitrogens with zero attached hydrogens (tertiary/aromatic N) is 2. The lowest BCUT2D eigenvalue weighted by atomic mass is 10.4. The summed E-state index contributed by atoms with van der Waals surface area (Å²) in [6, 6.07) is 3.45. The number of H-pyrrole nitrogens is 1. The number of aryl methyl sites for hydroxylation is 2. The lowest BCUT2D eigenvalue weighted by molar-refractivity contribution is 0.398. The Kier molecular flexibility index (Phi) is 3.84. The molecule has 0 aliphatic carbocycles. The van der Waals surface area contributed by atoms with Crippen LogP contribution in [0.2, 0.25) is 0 Å². The first-order valence-corrected chi connectivity index (χ1v) is 7.78. The second-order valence-corrected chi connectivity index (χ2v) is 6.99. The van der Waals surface area contributed by atoms with Crippen LogP contribution in [-0.2, 0) is 16.6 Å². The highest BCUT2D eigenvalue weighted by Crippen LogP contribution is 2.23. The predicted molar refractivity (Wildman–Crippen MR) is 73.1 cm³/mol. The van der Waals surface area contributed by atoms with Gasteiger partial charge in [-0.25, -0.2) is 8.42 Å². The van der Waals surface area contributed by atoms with E-state index in [4.69, 9.17) is 4.42 Å². The normalized spacial score (nSPS) is 12.3. The Hall–Kier alpha value is -1.12. The molecular weight excluding hydrogens is 334 g/mol. The summed E-state index contributed by atoms with van der Waals surface area (Å²) in [5.74, 6) is 0.566. The molecule has 0 fully saturated rings. The predicted octanol–water partition coefficient (Wildman–Crippen LogP) is 2.20. The minimum atomic E-state index is -3.58. The summed E-state index contributed by atoms with van der Waals surface area (Å²) in [6.07, 6.45) is 0. The fraction of sp³-hybridized carbons (Fsp3) is 0.364. The van der Waals surface area contributed by atoms with Crippen molar-refractivity contribution in [2.45, 2.75) is 25.3 Å². The van der Waals surface area contributed by atoms with Gasteiger partial charge in [0.2, 0.25) is 10.0 Å². The largest absolute Gasteiger partial charge is 0.453 e. The molecule has 0 spiro atoms. The number of aromatic amines is 1. The fourth-order valence-electron chi connectivity index (χ4n) is 1.82. The molecule has 0 bridgehead atoms. The van der Waals surface area contributed by atoms with Gasteiger partial charge >= 0.3 is 0 Å². The van der Waals surface area contributed by atoms with Crippen LogP contribution in [0.5, 0.6) is 0 Å². The number of rotatable bonds is 4. The van der Waals surface area contributed by atoms with Gasteiger partial charge in [-0.1, -0.05) is 0 Å². The second-order valence-electron chi connectivity index (χ2n) is 4.23. The zero-order chi connectivity index (χ0) is 14.2. The van der Waals surface area contributed by atoms with Crippen LogP contribution in [0.25, 0.3) is 0 Å². The van der Waals surface area contributed by atoms with Gasteiger partial charge in [0.15, 0.2) is 4.67 Å². The third kappa shape index (κ3) is 2.75. The highest BCUT2D eigenvalue weighted by molar-refractivity contribution is 9.10. The lowest BCUT2D eigenvalue weighted by Gasteiger charge is -2.15. The molecule has 0 aliphatic heterocycles. The molecule has 0 radical (unpaired) electrons. The quantitative estimate of drug-likeness (QED) is 0.919. The number of furan rings is 1. The van der Waals surface area contributed by atoms with E-state index in [9.17, 15) is 8.42 Å². The van der Waals surface area contributed by atoms with Crippen LogP contribution in [0.15, 0.2) is 26.1 Å². The van der Waals surface area contributed by atoms with Crippen molar-refractivity contribution < 1.29 is 12.8 Å². The van der Waals surface area contributed by atoms with Gasteiger partial charge < -0.3 is 4.42 Å². The maximum Gasteiger partial charge on any atom is 0.246 e. The van der Waals surface area contributed by atoms with Gasteiger partial charge in [-0.15, -0.1) is 0 Å². The standard InChI is InChI=1S/C11H14BrN3O3S/c1-7-11(8(2)14-13-7)19(16,17)15(3)6-9-4-5-10(12)18-9/h4-5H,6H2,1-3H3,(H,13,14). The summed E-state index contributed by atoms with van der Waals surface area (Å²) >= 11 is 3.18. The molecule has 0 unspecified atom stereocenters. The van der Waals surface area contributed by atoms with E-state index < -0.39 is 10.0 Å². The van der Waals surface area contributed by atoms with Crippen molar-refractivity contribution in [2.75, 3.05) is 7.05 Å². The van der Waals surface area contributed by atoms with Gasteiger partial charge in [-0.05, 0) is 41.9 Å². The van der Waals surface area contributed by atoms with E-state index in [1.165, 1.54) is 11.4 Å². The molecule has 2 rings (SSSR count). The van der Waals surface area contributed by atoms with Gasteiger partial charge in [-0.2, -0.15) is 9.40 Å². The van der Waals surface area contributed by atoms with Crippen LogP contribution in [0.4, 0.5) is 0 Å². The molecule has 0 aromatic carbocycles. The molecule has 2 heterocycles. The molecule has 0 saturated heterocycles. The first kappa shape index (κ1) is 14.3. The van der Waals surface area contributed by atoms with E-state index in [2.05, 4.69) is 26.1 Å². The molecule has 19 heavy (non-hydrogen) atoms. The topological polar surface area (TPSA) is 79.2 Å². The first-order valence-electron chi connectivity index (χ1n) is 5.54. The molecule has 0 atom stereocenters. The summed E-state index contributed by atoms with van der Waals surface area (Å²) in [4.78, 5) is 0.223. The van der Waals surface area contributed by atoms with Crippen molar-refractivity contribution in [1.29, 1.82) is 0 Å². The minimum absolute atomic E-state index is 0.165. The summed E-state index contributed by atoms with van der Waals surface area (Å²) in [7, 11) is -2.07. The van der Waals surface area contributed by atoms with Crippen molar-refractivity contribution in [3.05, 3.63) is 34.0 Å². The Morgan fingerprint density at radius 2 is 2.11 bits per heavy atom. The molecule has 2 aromatic rings. The van der Waals surface area contributed by atoms with Crippen LogP contribution in [0.3, 0.4) is 0 Å². The maximum absolute atomic E-state index is 12.5. The Balaban J connectivity index is 2.30.